The standard InChI is InChI=1S/C20H28N6O.HI/c1-14-8-15(2)18(16(3)9-14)11-22-20(21-4)25-6-7-26(19(27)13-25)17-10-23-24(5)12-17;/h8-10,12H,6-7,11,13H2,1-5H3,(H,21,22);1H. The summed E-state index contributed by atoms with van der Waals surface area (Å²) in [4.78, 5) is 20.8. The molecule has 2 aromatic rings. The molecule has 0 unspecified atom stereocenters. The number of aliphatic imine (C=N–C) groups is 1. The van der Waals surface area contributed by atoms with Crippen molar-refractivity contribution >= 4 is 41.5 Å². The third-order valence-corrected chi connectivity index (χ3v) is 5.00. The van der Waals surface area contributed by atoms with Gasteiger partial charge in [-0.15, -0.1) is 24.0 Å². The number of piperazine rings is 1. The van der Waals surface area contributed by atoms with Crippen LogP contribution in [-0.4, -0.2) is 53.2 Å². The second-order valence-corrected chi connectivity index (χ2v) is 7.12. The highest BCUT2D eigenvalue weighted by Gasteiger charge is 2.27. The highest BCUT2D eigenvalue weighted by Crippen LogP contribution is 2.18. The molecule has 1 fully saturated rings. The number of hydrogen-bond donors (Lipinski definition) is 1. The molecule has 1 aliphatic heterocycles. The first-order valence-electron chi connectivity index (χ1n) is 9.20. The molecule has 28 heavy (non-hydrogen) atoms. The number of rotatable bonds is 3. The normalized spacial score (nSPS) is 14.9. The number of guanidine groups is 1. The maximum absolute atomic E-state index is 12.6. The Morgan fingerprint density at radius 3 is 2.43 bits per heavy atom. The van der Waals surface area contributed by atoms with E-state index in [4.69, 9.17) is 0 Å². The predicted molar refractivity (Wildman–Crippen MR) is 123 cm³/mol. The summed E-state index contributed by atoms with van der Waals surface area (Å²) in [5.74, 6) is 0.813. The van der Waals surface area contributed by atoms with E-state index in [0.717, 1.165) is 18.2 Å². The number of halogens is 1. The minimum Gasteiger partial charge on any atom is -0.352 e. The summed E-state index contributed by atoms with van der Waals surface area (Å²) < 4.78 is 1.71. The molecule has 0 aliphatic carbocycles. The molecule has 7 nitrogen and oxygen atoms in total. The van der Waals surface area contributed by atoms with Crippen molar-refractivity contribution in [2.75, 3.05) is 31.6 Å². The first kappa shape index (κ1) is 22.2. The topological polar surface area (TPSA) is 65.8 Å². The van der Waals surface area contributed by atoms with Crippen LogP contribution in [0.5, 0.6) is 0 Å². The van der Waals surface area contributed by atoms with E-state index in [2.05, 4.69) is 48.3 Å². The van der Waals surface area contributed by atoms with E-state index >= 15 is 0 Å². The molecular formula is C20H29IN6O. The largest absolute Gasteiger partial charge is 0.352 e. The Morgan fingerprint density at radius 2 is 1.89 bits per heavy atom. The minimum atomic E-state index is 0. The van der Waals surface area contributed by atoms with E-state index < -0.39 is 0 Å². The van der Waals surface area contributed by atoms with Crippen molar-refractivity contribution in [3.63, 3.8) is 0 Å². The van der Waals surface area contributed by atoms with Gasteiger partial charge in [0.2, 0.25) is 5.91 Å². The monoisotopic (exact) mass is 496 g/mol. The molecule has 2 heterocycles. The zero-order chi connectivity index (χ0) is 19.6. The Labute approximate surface area is 183 Å². The Kier molecular flexibility index (Phi) is 7.45. The average Bonchev–Trinajstić information content (AvgIpc) is 3.03. The number of amides is 1. The number of carbonyl (C=O) groups is 1. The van der Waals surface area contributed by atoms with Gasteiger partial charge in [0, 0.05) is 39.9 Å². The minimum absolute atomic E-state index is 0. The Morgan fingerprint density at radius 1 is 1.21 bits per heavy atom. The zero-order valence-electron chi connectivity index (χ0n) is 17.2. The molecule has 0 spiro atoms. The van der Waals surface area contributed by atoms with Crippen molar-refractivity contribution in [3.05, 3.63) is 46.8 Å². The molecule has 1 N–H and O–H groups in total. The summed E-state index contributed by atoms with van der Waals surface area (Å²) in [7, 11) is 3.61. The van der Waals surface area contributed by atoms with Crippen LogP contribution in [0.25, 0.3) is 0 Å². The van der Waals surface area contributed by atoms with E-state index in [9.17, 15) is 4.79 Å². The molecule has 0 bridgehead atoms. The van der Waals surface area contributed by atoms with Crippen LogP contribution in [0.3, 0.4) is 0 Å². The summed E-state index contributed by atoms with van der Waals surface area (Å²) in [6.45, 7) is 8.73. The Hall–Kier alpha value is -2.10. The summed E-state index contributed by atoms with van der Waals surface area (Å²) in [6.07, 6.45) is 3.59. The molecule has 3 rings (SSSR count). The van der Waals surface area contributed by atoms with Crippen molar-refractivity contribution in [3.8, 4) is 0 Å². The number of hydrogen-bond acceptors (Lipinski definition) is 3. The molecule has 0 radical (unpaired) electrons. The van der Waals surface area contributed by atoms with Crippen LogP contribution < -0.4 is 10.2 Å². The van der Waals surface area contributed by atoms with Crippen LogP contribution >= 0.6 is 24.0 Å². The van der Waals surface area contributed by atoms with Gasteiger partial charge < -0.3 is 15.1 Å². The smallest absolute Gasteiger partial charge is 0.246 e. The lowest BCUT2D eigenvalue weighted by atomic mass is 10.00. The van der Waals surface area contributed by atoms with Gasteiger partial charge in [-0.05, 0) is 37.5 Å². The molecule has 1 aliphatic rings. The van der Waals surface area contributed by atoms with Crippen LogP contribution in [0, 0.1) is 20.8 Å². The molecule has 8 heteroatoms. The average molecular weight is 496 g/mol. The van der Waals surface area contributed by atoms with Crippen LogP contribution in [0.2, 0.25) is 0 Å². The van der Waals surface area contributed by atoms with Crippen LogP contribution in [0.15, 0.2) is 29.5 Å². The van der Waals surface area contributed by atoms with Gasteiger partial charge in [0.1, 0.15) is 6.54 Å². The van der Waals surface area contributed by atoms with Gasteiger partial charge in [0.05, 0.1) is 11.9 Å². The molecule has 152 valence electrons. The maximum Gasteiger partial charge on any atom is 0.246 e. The van der Waals surface area contributed by atoms with Crippen LogP contribution in [0.4, 0.5) is 5.69 Å². The highest BCUT2D eigenvalue weighted by atomic mass is 127. The quantitative estimate of drug-likeness (QED) is 0.403. The lowest BCUT2D eigenvalue weighted by Crippen LogP contribution is -2.55. The van der Waals surface area contributed by atoms with E-state index in [1.165, 1.54) is 22.3 Å². The summed E-state index contributed by atoms with van der Waals surface area (Å²) in [5.41, 5.74) is 5.94. The zero-order valence-corrected chi connectivity index (χ0v) is 19.5. The first-order valence-corrected chi connectivity index (χ1v) is 9.20. The molecule has 0 saturated carbocycles. The van der Waals surface area contributed by atoms with Gasteiger partial charge in [-0.1, -0.05) is 17.7 Å². The predicted octanol–water partition coefficient (Wildman–Crippen LogP) is 2.39. The fourth-order valence-corrected chi connectivity index (χ4v) is 3.66. The molecular weight excluding hydrogens is 467 g/mol. The lowest BCUT2D eigenvalue weighted by molar-refractivity contribution is -0.120. The number of nitrogens with zero attached hydrogens (tertiary/aromatic N) is 5. The SMILES string of the molecule is CN=C(NCc1c(C)cc(C)cc1C)N1CCN(c2cnn(C)c2)C(=O)C1.I. The molecule has 1 aromatic heterocycles. The molecule has 1 amide bonds. The van der Waals surface area contributed by atoms with Gasteiger partial charge in [-0.2, -0.15) is 5.10 Å². The van der Waals surface area contributed by atoms with Gasteiger partial charge in [-0.3, -0.25) is 14.5 Å². The van der Waals surface area contributed by atoms with E-state index in [1.807, 2.05) is 18.1 Å². The number of aryl methyl sites for hydroxylation is 4. The second-order valence-electron chi connectivity index (χ2n) is 7.12. The number of nitrogens with one attached hydrogen (secondary N) is 1. The molecule has 1 aromatic carbocycles. The van der Waals surface area contributed by atoms with Crippen molar-refractivity contribution in [1.82, 2.24) is 20.0 Å². The first-order chi connectivity index (χ1) is 12.9. The van der Waals surface area contributed by atoms with Crippen molar-refractivity contribution in [1.29, 1.82) is 0 Å². The fourth-order valence-electron chi connectivity index (χ4n) is 3.66. The molecule has 0 atom stereocenters. The van der Waals surface area contributed by atoms with Gasteiger partial charge in [-0.25, -0.2) is 0 Å². The van der Waals surface area contributed by atoms with E-state index in [0.29, 0.717) is 19.6 Å². The summed E-state index contributed by atoms with van der Waals surface area (Å²) >= 11 is 0. The van der Waals surface area contributed by atoms with Gasteiger partial charge >= 0.3 is 0 Å². The van der Waals surface area contributed by atoms with Crippen LogP contribution in [0.1, 0.15) is 22.3 Å². The van der Waals surface area contributed by atoms with Crippen molar-refractivity contribution in [2.24, 2.45) is 12.0 Å². The Bertz CT molecular complexity index is 852. The number of anilines is 1. The summed E-state index contributed by atoms with van der Waals surface area (Å²) in [6, 6.07) is 4.39. The third-order valence-electron chi connectivity index (χ3n) is 5.00. The summed E-state index contributed by atoms with van der Waals surface area (Å²) in [5, 5.41) is 7.58. The Balaban J connectivity index is 0.00000280. The third kappa shape index (κ3) is 4.84. The van der Waals surface area contributed by atoms with Crippen molar-refractivity contribution < 1.29 is 4.79 Å². The van der Waals surface area contributed by atoms with E-state index in [1.54, 1.807) is 22.8 Å². The van der Waals surface area contributed by atoms with Crippen molar-refractivity contribution in [2.45, 2.75) is 27.3 Å². The van der Waals surface area contributed by atoms with E-state index in [-0.39, 0.29) is 29.9 Å². The number of aromatic nitrogens is 2. The van der Waals surface area contributed by atoms with Gasteiger partial charge in [0.15, 0.2) is 5.96 Å². The number of benzene rings is 1. The van der Waals surface area contributed by atoms with Crippen LogP contribution in [-0.2, 0) is 18.4 Å². The van der Waals surface area contributed by atoms with Gasteiger partial charge in [0.25, 0.3) is 0 Å². The lowest BCUT2D eigenvalue weighted by Gasteiger charge is -2.35. The molecule has 1 saturated heterocycles. The maximum atomic E-state index is 12.6. The number of carbonyl (C=O) groups excluding carboxylic acids is 1. The second kappa shape index (κ2) is 9.40. The highest BCUT2D eigenvalue weighted by molar-refractivity contribution is 14.0. The fraction of sp³-hybridized carbons (Fsp3) is 0.450.